The first-order chi connectivity index (χ1) is 12.8. The lowest BCUT2D eigenvalue weighted by molar-refractivity contribution is -0.148. The number of urea groups is 1. The van der Waals surface area contributed by atoms with Gasteiger partial charge in [0.05, 0.1) is 0 Å². The molecular weight excluding hydrogens is 344 g/mol. The molecule has 1 heterocycles. The van der Waals surface area contributed by atoms with Gasteiger partial charge in [-0.2, -0.15) is 0 Å². The van der Waals surface area contributed by atoms with E-state index in [1.165, 1.54) is 0 Å². The third-order valence-corrected chi connectivity index (χ3v) is 4.67. The third kappa shape index (κ3) is 3.84. The Bertz CT molecular complexity index is 891. The lowest BCUT2D eigenvalue weighted by atomic mass is 9.91. The van der Waals surface area contributed by atoms with Crippen LogP contribution in [0.1, 0.15) is 29.2 Å². The summed E-state index contributed by atoms with van der Waals surface area (Å²) in [7, 11) is 0. The first-order valence-electron chi connectivity index (χ1n) is 8.72. The first-order valence-corrected chi connectivity index (χ1v) is 8.72. The smallest absolute Gasteiger partial charge is 0.326 e. The standard InChI is InChI=1S/C21H22N2O4/c1-14-7-9-17(10-8-14)21(3)19(25)23(20(26)22-21)12-18(24)27-13-16-6-4-5-15(2)11-16/h4-11H,12-13H2,1-3H3,(H,22,26)/t21-/m1/s1. The first kappa shape index (κ1) is 18.6. The molecule has 1 aliphatic heterocycles. The van der Waals surface area contributed by atoms with Crippen molar-refractivity contribution in [3.05, 3.63) is 70.8 Å². The lowest BCUT2D eigenvalue weighted by Gasteiger charge is -2.22. The van der Waals surface area contributed by atoms with Crippen LogP contribution in [-0.2, 0) is 26.5 Å². The van der Waals surface area contributed by atoms with Crippen LogP contribution in [0.15, 0.2) is 48.5 Å². The maximum atomic E-state index is 12.8. The second-order valence-electron chi connectivity index (χ2n) is 6.96. The number of nitrogens with zero attached hydrogens (tertiary/aromatic N) is 1. The van der Waals surface area contributed by atoms with E-state index < -0.39 is 30.0 Å². The number of esters is 1. The molecule has 1 aliphatic rings. The maximum absolute atomic E-state index is 12.8. The fourth-order valence-electron chi connectivity index (χ4n) is 3.06. The predicted octanol–water partition coefficient (Wildman–Crippen LogP) is 2.81. The largest absolute Gasteiger partial charge is 0.459 e. The van der Waals surface area contributed by atoms with Crippen LogP contribution in [0.25, 0.3) is 0 Å². The molecule has 0 saturated carbocycles. The number of benzene rings is 2. The molecule has 0 radical (unpaired) electrons. The van der Waals surface area contributed by atoms with E-state index in [2.05, 4.69) is 5.32 Å². The van der Waals surface area contributed by atoms with E-state index in [0.717, 1.165) is 21.6 Å². The van der Waals surface area contributed by atoms with Crippen LogP contribution in [0.5, 0.6) is 0 Å². The molecule has 27 heavy (non-hydrogen) atoms. The second-order valence-corrected chi connectivity index (χ2v) is 6.96. The number of imide groups is 1. The highest BCUT2D eigenvalue weighted by atomic mass is 16.5. The summed E-state index contributed by atoms with van der Waals surface area (Å²) in [6.45, 7) is 5.20. The van der Waals surface area contributed by atoms with Gasteiger partial charge in [0.25, 0.3) is 5.91 Å². The summed E-state index contributed by atoms with van der Waals surface area (Å²) in [5.41, 5.74) is 2.44. The Balaban J connectivity index is 1.66. The highest BCUT2D eigenvalue weighted by molar-refractivity contribution is 6.08. The van der Waals surface area contributed by atoms with Crippen LogP contribution in [0.3, 0.4) is 0 Å². The second kappa shape index (κ2) is 7.23. The van der Waals surface area contributed by atoms with Crippen LogP contribution >= 0.6 is 0 Å². The summed E-state index contributed by atoms with van der Waals surface area (Å²) in [6, 6.07) is 14.3. The van der Waals surface area contributed by atoms with Crippen molar-refractivity contribution in [2.45, 2.75) is 32.9 Å². The summed E-state index contributed by atoms with van der Waals surface area (Å²) < 4.78 is 5.22. The molecule has 140 valence electrons. The molecule has 3 amide bonds. The summed E-state index contributed by atoms with van der Waals surface area (Å²) in [6.07, 6.45) is 0. The normalized spacial score (nSPS) is 19.1. The average molecular weight is 366 g/mol. The number of carbonyl (C=O) groups is 3. The number of carbonyl (C=O) groups excluding carboxylic acids is 3. The van der Waals surface area contributed by atoms with Crippen molar-refractivity contribution < 1.29 is 19.1 Å². The van der Waals surface area contributed by atoms with Gasteiger partial charge in [-0.05, 0) is 31.9 Å². The molecule has 1 saturated heterocycles. The molecule has 1 N–H and O–H groups in total. The Labute approximate surface area is 158 Å². The monoisotopic (exact) mass is 366 g/mol. The highest BCUT2D eigenvalue weighted by Crippen LogP contribution is 2.28. The van der Waals surface area contributed by atoms with Crippen LogP contribution in [0.2, 0.25) is 0 Å². The maximum Gasteiger partial charge on any atom is 0.326 e. The van der Waals surface area contributed by atoms with Gasteiger partial charge in [0.15, 0.2) is 0 Å². The lowest BCUT2D eigenvalue weighted by Crippen LogP contribution is -2.41. The van der Waals surface area contributed by atoms with Crippen molar-refractivity contribution in [3.8, 4) is 0 Å². The molecule has 2 aromatic rings. The Morgan fingerprint density at radius 1 is 1.07 bits per heavy atom. The van der Waals surface area contributed by atoms with Crippen molar-refractivity contribution in [1.29, 1.82) is 0 Å². The van der Waals surface area contributed by atoms with E-state index >= 15 is 0 Å². The van der Waals surface area contributed by atoms with Gasteiger partial charge in [-0.1, -0.05) is 59.7 Å². The van der Waals surface area contributed by atoms with E-state index in [-0.39, 0.29) is 6.61 Å². The van der Waals surface area contributed by atoms with Crippen molar-refractivity contribution in [2.75, 3.05) is 6.54 Å². The summed E-state index contributed by atoms with van der Waals surface area (Å²) >= 11 is 0. The number of amides is 3. The quantitative estimate of drug-likeness (QED) is 0.652. The van der Waals surface area contributed by atoms with E-state index in [4.69, 9.17) is 4.74 Å². The van der Waals surface area contributed by atoms with Crippen LogP contribution in [-0.4, -0.2) is 29.4 Å². The van der Waals surface area contributed by atoms with E-state index in [0.29, 0.717) is 5.56 Å². The fraction of sp³-hybridized carbons (Fsp3) is 0.286. The van der Waals surface area contributed by atoms with Gasteiger partial charge in [-0.15, -0.1) is 0 Å². The molecule has 0 bridgehead atoms. The fourth-order valence-corrected chi connectivity index (χ4v) is 3.06. The summed E-state index contributed by atoms with van der Waals surface area (Å²) in [4.78, 5) is 38.1. The third-order valence-electron chi connectivity index (χ3n) is 4.67. The molecule has 6 nitrogen and oxygen atoms in total. The topological polar surface area (TPSA) is 75.7 Å². The molecule has 1 fully saturated rings. The zero-order valence-electron chi connectivity index (χ0n) is 15.6. The van der Waals surface area contributed by atoms with E-state index in [1.807, 2.05) is 50.2 Å². The van der Waals surface area contributed by atoms with Crippen LogP contribution in [0, 0.1) is 13.8 Å². The van der Waals surface area contributed by atoms with Gasteiger partial charge in [0, 0.05) is 0 Å². The minimum Gasteiger partial charge on any atom is -0.459 e. The van der Waals surface area contributed by atoms with Crippen molar-refractivity contribution in [2.24, 2.45) is 0 Å². The number of hydrogen-bond acceptors (Lipinski definition) is 4. The highest BCUT2D eigenvalue weighted by Gasteiger charge is 2.49. The summed E-state index contributed by atoms with van der Waals surface area (Å²) in [5.74, 6) is -1.10. The van der Waals surface area contributed by atoms with E-state index in [1.54, 1.807) is 19.1 Å². The Hall–Kier alpha value is -3.15. The molecule has 1 atom stereocenters. The molecular formula is C21H22N2O4. The Morgan fingerprint density at radius 2 is 1.78 bits per heavy atom. The minimum atomic E-state index is -1.19. The molecule has 0 unspecified atom stereocenters. The molecule has 3 rings (SSSR count). The number of aryl methyl sites for hydroxylation is 2. The molecule has 2 aromatic carbocycles. The van der Waals surface area contributed by atoms with Gasteiger partial charge in [0.2, 0.25) is 0 Å². The number of ether oxygens (including phenoxy) is 1. The molecule has 6 heteroatoms. The Kier molecular flexibility index (Phi) is 4.99. The van der Waals surface area contributed by atoms with Gasteiger partial charge >= 0.3 is 12.0 Å². The average Bonchev–Trinajstić information content (AvgIpc) is 2.85. The molecule has 0 aromatic heterocycles. The van der Waals surface area contributed by atoms with Gasteiger partial charge in [0.1, 0.15) is 18.7 Å². The number of nitrogens with one attached hydrogen (secondary N) is 1. The number of rotatable bonds is 5. The zero-order valence-corrected chi connectivity index (χ0v) is 15.6. The number of hydrogen-bond donors (Lipinski definition) is 1. The van der Waals surface area contributed by atoms with Crippen LogP contribution in [0.4, 0.5) is 4.79 Å². The SMILES string of the molecule is Cc1ccc([C@@]2(C)NC(=O)N(CC(=O)OCc3cccc(C)c3)C2=O)cc1. The summed E-state index contributed by atoms with van der Waals surface area (Å²) in [5, 5.41) is 2.68. The van der Waals surface area contributed by atoms with Crippen LogP contribution < -0.4 is 5.32 Å². The molecule has 0 spiro atoms. The van der Waals surface area contributed by atoms with Gasteiger partial charge in [-0.25, -0.2) is 4.79 Å². The van der Waals surface area contributed by atoms with E-state index in [9.17, 15) is 14.4 Å². The van der Waals surface area contributed by atoms with Crippen molar-refractivity contribution in [1.82, 2.24) is 10.2 Å². The van der Waals surface area contributed by atoms with Gasteiger partial charge in [-0.3, -0.25) is 14.5 Å². The van der Waals surface area contributed by atoms with Crippen molar-refractivity contribution >= 4 is 17.9 Å². The zero-order chi connectivity index (χ0) is 19.6. The molecule has 0 aliphatic carbocycles. The minimum absolute atomic E-state index is 0.0966. The van der Waals surface area contributed by atoms with Gasteiger partial charge < -0.3 is 10.1 Å². The Morgan fingerprint density at radius 3 is 2.44 bits per heavy atom. The predicted molar refractivity (Wildman–Crippen MR) is 99.8 cm³/mol. The van der Waals surface area contributed by atoms with Crippen molar-refractivity contribution in [3.63, 3.8) is 0 Å².